The number of likely N-dealkylation sites (tertiary alicyclic amines) is 1. The first-order valence-corrected chi connectivity index (χ1v) is 9.38. The third-order valence-corrected chi connectivity index (χ3v) is 6.08. The van der Waals surface area contributed by atoms with Gasteiger partial charge >= 0.3 is 6.09 Å². The number of hydrogen-bond acceptors (Lipinski definition) is 3. The van der Waals surface area contributed by atoms with Crippen molar-refractivity contribution in [3.63, 3.8) is 0 Å². The molecule has 1 amide bonds. The Morgan fingerprint density at radius 2 is 1.83 bits per heavy atom. The molecule has 2 saturated carbocycles. The van der Waals surface area contributed by atoms with E-state index in [-0.39, 0.29) is 24.5 Å². The highest BCUT2D eigenvalue weighted by molar-refractivity contribution is 5.69. The van der Waals surface area contributed by atoms with E-state index in [0.717, 1.165) is 57.9 Å². The third-order valence-electron chi connectivity index (χ3n) is 6.08. The van der Waals surface area contributed by atoms with Crippen LogP contribution in [-0.4, -0.2) is 36.0 Å². The zero-order valence-electron chi connectivity index (χ0n) is 14.3. The molecular formula is C20H27NO3. The van der Waals surface area contributed by atoms with Crippen molar-refractivity contribution in [3.8, 4) is 0 Å². The van der Waals surface area contributed by atoms with E-state index in [2.05, 4.69) is 30.3 Å². The van der Waals surface area contributed by atoms with Crippen molar-refractivity contribution < 1.29 is 14.3 Å². The van der Waals surface area contributed by atoms with E-state index in [0.29, 0.717) is 5.92 Å². The molecule has 4 heteroatoms. The van der Waals surface area contributed by atoms with Crippen LogP contribution in [0, 0.1) is 0 Å². The molecule has 3 fully saturated rings. The summed E-state index contributed by atoms with van der Waals surface area (Å²) in [5.41, 5.74) is 1.59. The van der Waals surface area contributed by atoms with Crippen molar-refractivity contribution in [2.45, 2.75) is 68.9 Å². The Labute approximate surface area is 144 Å². The van der Waals surface area contributed by atoms with Crippen molar-refractivity contribution in [3.05, 3.63) is 35.9 Å². The van der Waals surface area contributed by atoms with Crippen LogP contribution in [0.3, 0.4) is 0 Å². The monoisotopic (exact) mass is 329 g/mol. The van der Waals surface area contributed by atoms with Crippen molar-refractivity contribution in [2.24, 2.45) is 0 Å². The van der Waals surface area contributed by atoms with Crippen molar-refractivity contribution in [2.75, 3.05) is 13.3 Å². The van der Waals surface area contributed by atoms with Gasteiger partial charge in [-0.15, -0.1) is 0 Å². The summed E-state index contributed by atoms with van der Waals surface area (Å²) >= 11 is 0. The number of benzene rings is 1. The second-order valence-electron chi connectivity index (χ2n) is 7.56. The van der Waals surface area contributed by atoms with Gasteiger partial charge in [-0.3, -0.25) is 0 Å². The van der Waals surface area contributed by atoms with Crippen molar-refractivity contribution in [1.82, 2.24) is 4.90 Å². The average molecular weight is 329 g/mol. The van der Waals surface area contributed by atoms with Gasteiger partial charge < -0.3 is 14.4 Å². The normalized spacial score (nSPS) is 28.1. The average Bonchev–Trinajstić information content (AvgIpc) is 3.27. The molecule has 24 heavy (non-hydrogen) atoms. The van der Waals surface area contributed by atoms with Crippen molar-refractivity contribution in [1.29, 1.82) is 0 Å². The minimum Gasteiger partial charge on any atom is -0.422 e. The van der Waals surface area contributed by atoms with Crippen LogP contribution in [0.2, 0.25) is 0 Å². The first-order chi connectivity index (χ1) is 11.8. The van der Waals surface area contributed by atoms with Gasteiger partial charge in [-0.05, 0) is 62.8 Å². The van der Waals surface area contributed by atoms with Gasteiger partial charge in [0.15, 0.2) is 6.79 Å². The molecule has 1 aromatic carbocycles. The zero-order valence-corrected chi connectivity index (χ0v) is 14.3. The number of carbonyl (C=O) groups excluding carboxylic acids is 1. The van der Waals surface area contributed by atoms with E-state index in [1.165, 1.54) is 5.56 Å². The maximum Gasteiger partial charge on any atom is 0.412 e. The summed E-state index contributed by atoms with van der Waals surface area (Å²) in [6.45, 7) is 0.951. The van der Waals surface area contributed by atoms with Gasteiger partial charge in [0.25, 0.3) is 0 Å². The Bertz CT molecular complexity index is 562. The molecule has 0 atom stereocenters. The van der Waals surface area contributed by atoms with Gasteiger partial charge in [0.05, 0.1) is 6.10 Å². The summed E-state index contributed by atoms with van der Waals surface area (Å²) in [4.78, 5) is 14.1. The quantitative estimate of drug-likeness (QED) is 0.766. The standard InChI is InChI=1S/C20H27NO3/c22-19(21-14-4-11-20(21)12-13-20)24-15-23-18-9-7-17(8-10-18)16-5-2-1-3-6-16/h1-3,5-6,17-18H,4,7-15H2. The van der Waals surface area contributed by atoms with Gasteiger partial charge in [0.1, 0.15) is 0 Å². The second-order valence-corrected chi connectivity index (χ2v) is 7.56. The predicted molar refractivity (Wildman–Crippen MR) is 91.8 cm³/mol. The number of rotatable bonds is 4. The van der Waals surface area contributed by atoms with E-state index >= 15 is 0 Å². The van der Waals surface area contributed by atoms with Gasteiger partial charge in [-0.2, -0.15) is 0 Å². The summed E-state index contributed by atoms with van der Waals surface area (Å²) in [5.74, 6) is 0.646. The highest BCUT2D eigenvalue weighted by atomic mass is 16.7. The van der Waals surface area contributed by atoms with Crippen molar-refractivity contribution >= 4 is 6.09 Å². The SMILES string of the molecule is O=C(OCOC1CCC(c2ccccc2)CC1)N1CCCC12CC2. The molecule has 1 aromatic rings. The highest BCUT2D eigenvalue weighted by Gasteiger charge is 2.53. The smallest absolute Gasteiger partial charge is 0.412 e. The molecule has 2 aliphatic carbocycles. The Morgan fingerprint density at radius 3 is 2.54 bits per heavy atom. The summed E-state index contributed by atoms with van der Waals surface area (Å²) in [5, 5.41) is 0. The summed E-state index contributed by atoms with van der Waals surface area (Å²) < 4.78 is 11.2. The highest BCUT2D eigenvalue weighted by Crippen LogP contribution is 2.49. The lowest BCUT2D eigenvalue weighted by Gasteiger charge is -2.29. The Kier molecular flexibility index (Phi) is 4.49. The summed E-state index contributed by atoms with van der Waals surface area (Å²) in [7, 11) is 0. The van der Waals surface area contributed by atoms with Crippen LogP contribution in [0.5, 0.6) is 0 Å². The molecule has 1 aliphatic heterocycles. The Hall–Kier alpha value is -1.55. The number of ether oxygens (including phenoxy) is 2. The Balaban J connectivity index is 1.18. The molecule has 130 valence electrons. The fourth-order valence-electron chi connectivity index (χ4n) is 4.43. The van der Waals surface area contributed by atoms with Gasteiger partial charge in [-0.1, -0.05) is 30.3 Å². The van der Waals surface area contributed by atoms with E-state index < -0.39 is 0 Å². The number of hydrogen-bond donors (Lipinski definition) is 0. The van der Waals surface area contributed by atoms with E-state index in [9.17, 15) is 4.79 Å². The van der Waals surface area contributed by atoms with E-state index in [1.54, 1.807) is 0 Å². The van der Waals surface area contributed by atoms with Crippen LogP contribution in [0.15, 0.2) is 30.3 Å². The topological polar surface area (TPSA) is 38.8 Å². The summed E-state index contributed by atoms with van der Waals surface area (Å²) in [6, 6.07) is 10.7. The van der Waals surface area contributed by atoms with Crippen LogP contribution in [0.1, 0.15) is 62.8 Å². The zero-order chi connectivity index (χ0) is 16.4. The van der Waals surface area contributed by atoms with Crippen LogP contribution >= 0.6 is 0 Å². The lowest BCUT2D eigenvalue weighted by atomic mass is 9.83. The molecule has 3 aliphatic rings. The fraction of sp³-hybridized carbons (Fsp3) is 0.650. The molecule has 4 rings (SSSR count). The Morgan fingerprint density at radius 1 is 1.08 bits per heavy atom. The van der Waals surface area contributed by atoms with Crippen LogP contribution in [-0.2, 0) is 9.47 Å². The van der Waals surface area contributed by atoms with E-state index in [4.69, 9.17) is 9.47 Å². The molecule has 1 spiro atoms. The van der Waals surface area contributed by atoms with Crippen LogP contribution in [0.25, 0.3) is 0 Å². The molecule has 0 radical (unpaired) electrons. The molecule has 0 N–H and O–H groups in total. The fourth-order valence-corrected chi connectivity index (χ4v) is 4.43. The molecule has 0 unspecified atom stereocenters. The largest absolute Gasteiger partial charge is 0.422 e. The van der Waals surface area contributed by atoms with Gasteiger partial charge in [-0.25, -0.2) is 4.79 Å². The molecule has 1 heterocycles. The maximum atomic E-state index is 12.2. The first kappa shape index (κ1) is 15.9. The van der Waals surface area contributed by atoms with Gasteiger partial charge in [0, 0.05) is 12.1 Å². The summed E-state index contributed by atoms with van der Waals surface area (Å²) in [6.07, 6.45) is 8.99. The number of nitrogens with zero attached hydrogens (tertiary/aromatic N) is 1. The predicted octanol–water partition coefficient (Wildman–Crippen LogP) is 4.45. The molecular weight excluding hydrogens is 302 g/mol. The minimum absolute atomic E-state index is 0.103. The molecule has 0 aromatic heterocycles. The lowest BCUT2D eigenvalue weighted by molar-refractivity contribution is -0.0777. The van der Waals surface area contributed by atoms with Crippen LogP contribution in [0.4, 0.5) is 4.79 Å². The minimum atomic E-state index is -0.178. The third kappa shape index (κ3) is 3.30. The van der Waals surface area contributed by atoms with E-state index in [1.807, 2.05) is 4.90 Å². The number of amides is 1. The van der Waals surface area contributed by atoms with Gasteiger partial charge in [0.2, 0.25) is 0 Å². The molecule has 1 saturated heterocycles. The molecule has 4 nitrogen and oxygen atoms in total. The number of carbonyl (C=O) groups is 1. The van der Waals surface area contributed by atoms with Crippen LogP contribution < -0.4 is 0 Å². The first-order valence-electron chi connectivity index (χ1n) is 9.38. The molecule has 0 bridgehead atoms. The second kappa shape index (κ2) is 6.75. The lowest BCUT2D eigenvalue weighted by Crippen LogP contribution is -2.38. The maximum absolute atomic E-state index is 12.2.